The van der Waals surface area contributed by atoms with E-state index in [1.807, 2.05) is 0 Å². The summed E-state index contributed by atoms with van der Waals surface area (Å²) in [7, 11) is 0. The Bertz CT molecular complexity index is 14.0. The number of rotatable bonds is 0. The molecule has 0 amide bonds. The van der Waals surface area contributed by atoms with Crippen LogP contribution in [0.2, 0.25) is 0 Å². The van der Waals surface area contributed by atoms with Crippen LogP contribution < -0.4 is 12.3 Å². The molecule has 0 spiro atoms. The van der Waals surface area contributed by atoms with Gasteiger partial charge >= 0.3 is 0 Å². The highest BCUT2D eigenvalue weighted by atomic mass is 32.1. The second-order valence-electron chi connectivity index (χ2n) is 0. The molecule has 0 aromatic rings. The topological polar surface area (TPSA) is 70.0 Å². The highest BCUT2D eigenvalue weighted by molar-refractivity contribution is 7.79. The lowest BCUT2D eigenvalue weighted by atomic mass is 12.0. The molecule has 0 aromatic heterocycles. The molecule has 7 heavy (non-hydrogen) atoms. The molecule has 54 valence electrons. The van der Waals surface area contributed by atoms with E-state index in [9.17, 15) is 0 Å². The fourth-order valence-electron chi connectivity index (χ4n) is 0. The van der Waals surface area contributed by atoms with Crippen LogP contribution in [-0.4, -0.2) is 7.38 Å². The molecule has 0 atom stereocenters. The van der Waals surface area contributed by atoms with Crippen LogP contribution in [0.3, 0.4) is 0 Å². The molecular weight excluding hydrogens is 108 g/mol. The van der Waals surface area contributed by atoms with Gasteiger partial charge in [0.1, 0.15) is 1.12 Å². The maximum Gasteiger partial charge on any atom is 0.102 e. The Kier molecular flexibility index (Phi) is 18900. The molecule has 6 N–H and O–H groups in total. The predicted molar refractivity (Wildman–Crippen MR) is 45.1 cm³/mol. The van der Waals surface area contributed by atoms with Gasteiger partial charge in [-0.15, -0.1) is 0 Å². The summed E-state index contributed by atoms with van der Waals surface area (Å²) in [6, 6.07) is 0. The number of hydrogen-bond acceptors (Lipinski definition) is 3. The molecule has 0 aliphatic rings. The van der Waals surface area contributed by atoms with Crippen molar-refractivity contribution in [3.63, 3.8) is 0 Å². The van der Waals surface area contributed by atoms with Crippen LogP contribution >= 0.6 is 12.5 Å². The first-order chi connectivity index (χ1) is 1.41. The minimum atomic E-state index is 0. The number of thiol groups is 1. The van der Waals surface area contributed by atoms with Crippen LogP contribution in [0.25, 0.3) is 0 Å². The Balaban J connectivity index is -0.00000000200. The molecule has 0 aliphatic carbocycles. The highest BCUT2D eigenvalue weighted by Crippen LogP contribution is 1.31. The zero-order valence-corrected chi connectivity index (χ0v) is 3.64. The first-order valence-corrected chi connectivity index (χ1v) is 1.22. The van der Waals surface area contributed by atoms with E-state index >= 15 is 0 Å². The number of hydrogen-bond donors (Lipinski definition) is 3. The summed E-state index contributed by atoms with van der Waals surface area (Å²) < 4.78 is 6.12. The minimum Gasteiger partial charge on any atom is -0.344 e. The standard InChI is InChI=1S/CH4S.3CH4.2H3N/c1-2;;;;;/h2H,1H3;3*1H4;2*1H3/i/hT. The molecule has 0 aliphatic heterocycles. The first kappa shape index (κ1) is 55.5. The van der Waals surface area contributed by atoms with Crippen molar-refractivity contribution in [2.45, 2.75) is 22.3 Å². The molecule has 0 saturated carbocycles. The molecule has 0 heterocycles. The summed E-state index contributed by atoms with van der Waals surface area (Å²) in [4.78, 5) is 0. The monoisotopic (exact) mass is 132 g/mol. The second-order valence-corrected chi connectivity index (χ2v) is 0. The Labute approximate surface area is 55.4 Å². The van der Waals surface area contributed by atoms with Crippen molar-refractivity contribution in [1.82, 2.24) is 12.3 Å². The molecule has 0 rings (SSSR count). The summed E-state index contributed by atoms with van der Waals surface area (Å²) in [6.45, 7) is 0. The highest BCUT2D eigenvalue weighted by Gasteiger charge is 0.901. The zero-order chi connectivity index (χ0) is 2.71. The van der Waals surface area contributed by atoms with Crippen LogP contribution in [0, 0.1) is 0 Å². The Morgan fingerprint density at radius 3 is 1.14 bits per heavy atom. The lowest BCUT2D eigenvalue weighted by Gasteiger charge is -1.11. The molecule has 2 nitrogen and oxygen atoms in total. The Hall–Kier alpha value is 0.270. The van der Waals surface area contributed by atoms with Crippen LogP contribution in [0.15, 0.2) is 0 Å². The van der Waals surface area contributed by atoms with Crippen LogP contribution in [0.4, 0.5) is 0 Å². The van der Waals surface area contributed by atoms with E-state index in [1.165, 1.54) is 0 Å². The van der Waals surface area contributed by atoms with Crippen LogP contribution in [0.1, 0.15) is 22.3 Å². The summed E-state index contributed by atoms with van der Waals surface area (Å²) >= 11 is 1.000. The predicted octanol–water partition coefficient (Wildman–Crippen LogP) is 2.78. The third kappa shape index (κ3) is 1570. The fourth-order valence-corrected chi connectivity index (χ4v) is 0. The van der Waals surface area contributed by atoms with Gasteiger partial charge in [0.25, 0.3) is 0 Å². The third-order valence-corrected chi connectivity index (χ3v) is 0. The molecule has 3 heteroatoms. The molecule has 0 saturated heterocycles. The average molecular weight is 132 g/mol. The van der Waals surface area contributed by atoms with E-state index < -0.39 is 0 Å². The lowest BCUT2D eigenvalue weighted by Crippen LogP contribution is -0.865. The van der Waals surface area contributed by atoms with Crippen molar-refractivity contribution in [3.05, 3.63) is 0 Å². The molecule has 0 unspecified atom stereocenters. The van der Waals surface area contributed by atoms with Gasteiger partial charge in [0, 0.05) is 0 Å². The molecule has 0 radical (unpaired) electrons. The maximum atomic E-state index is 6.12. The molecule has 0 fully saturated rings. The maximum absolute atomic E-state index is 6.12. The summed E-state index contributed by atoms with van der Waals surface area (Å²) in [6.07, 6.45) is 1.71. The van der Waals surface area contributed by atoms with E-state index in [1.54, 1.807) is 6.26 Å². The van der Waals surface area contributed by atoms with E-state index in [-0.39, 0.29) is 34.6 Å². The van der Waals surface area contributed by atoms with Gasteiger partial charge in [-0.05, 0) is 6.26 Å². The fraction of sp³-hybridized carbons (Fsp3) is 1.00. The Morgan fingerprint density at radius 1 is 1.14 bits per heavy atom. The van der Waals surface area contributed by atoms with Crippen LogP contribution in [-0.2, 0) is 0 Å². The van der Waals surface area contributed by atoms with Gasteiger partial charge in [-0.3, -0.25) is 0 Å². The van der Waals surface area contributed by atoms with Gasteiger partial charge in [-0.2, -0.15) is 12.5 Å². The summed E-state index contributed by atoms with van der Waals surface area (Å²) in [5, 5.41) is 0. The van der Waals surface area contributed by atoms with Gasteiger partial charge in [0.05, 0.1) is 0 Å². The largest absolute Gasteiger partial charge is 0.344 e. The quantitative estimate of drug-likeness (QED) is 0.443. The SMILES string of the molecule is C.C.C.N.N.[3H]SC. The molecule has 0 aromatic carbocycles. The normalized spacial score (nSPS) is 2.71. The third-order valence-electron chi connectivity index (χ3n) is 0. The van der Waals surface area contributed by atoms with Gasteiger partial charge < -0.3 is 12.3 Å². The smallest absolute Gasteiger partial charge is 0.102 e. The average Bonchev–Trinajstić information content (AvgIpc) is 0.918. The van der Waals surface area contributed by atoms with Crippen molar-refractivity contribution in [2.75, 3.05) is 6.26 Å². The van der Waals surface area contributed by atoms with E-state index in [0.717, 1.165) is 12.5 Å². The van der Waals surface area contributed by atoms with Gasteiger partial charge in [0.15, 0.2) is 0 Å². The van der Waals surface area contributed by atoms with Crippen molar-refractivity contribution in [2.24, 2.45) is 0 Å². The zero-order valence-electron chi connectivity index (χ0n) is 3.82. The van der Waals surface area contributed by atoms with E-state index in [4.69, 9.17) is 1.12 Å². The van der Waals surface area contributed by atoms with Gasteiger partial charge in [-0.25, -0.2) is 0 Å². The van der Waals surface area contributed by atoms with Crippen molar-refractivity contribution < 1.29 is 0 Å². The second kappa shape index (κ2) is 2390. The first-order valence-electron chi connectivity index (χ1n) is 0.816. The Morgan fingerprint density at radius 2 is 1.14 bits per heavy atom. The molecular formula is C4H22N2S. The van der Waals surface area contributed by atoms with Gasteiger partial charge in [-0.1, -0.05) is 22.3 Å². The van der Waals surface area contributed by atoms with Crippen LogP contribution in [0.5, 0.6) is 0 Å². The van der Waals surface area contributed by atoms with E-state index in [2.05, 4.69) is 0 Å². The summed E-state index contributed by atoms with van der Waals surface area (Å²) in [5.74, 6) is 0. The van der Waals surface area contributed by atoms with Crippen molar-refractivity contribution in [3.8, 4) is 0 Å². The minimum absolute atomic E-state index is 0. The van der Waals surface area contributed by atoms with Crippen molar-refractivity contribution >= 4 is 12.5 Å². The lowest BCUT2D eigenvalue weighted by molar-refractivity contribution is 2.13. The van der Waals surface area contributed by atoms with E-state index in [0.29, 0.717) is 0 Å². The van der Waals surface area contributed by atoms with Crippen molar-refractivity contribution in [1.29, 1.82) is 1.12 Å². The van der Waals surface area contributed by atoms with Gasteiger partial charge in [0.2, 0.25) is 0 Å². The summed E-state index contributed by atoms with van der Waals surface area (Å²) in [5.41, 5.74) is 0. The molecule has 0 bridgehead atoms.